The molecule has 1 heterocycles. The highest BCUT2D eigenvalue weighted by molar-refractivity contribution is 7.80. The van der Waals surface area contributed by atoms with Gasteiger partial charge in [0.15, 0.2) is 0 Å². The Balaban J connectivity index is 1.97. The number of para-hydroxylation sites is 1. The van der Waals surface area contributed by atoms with Crippen molar-refractivity contribution in [2.45, 2.75) is 17.7 Å². The molecule has 0 bridgehead atoms. The molecule has 0 saturated carbocycles. The highest BCUT2D eigenvalue weighted by Crippen LogP contribution is 2.28. The Morgan fingerprint density at radius 1 is 1.20 bits per heavy atom. The zero-order valence-electron chi connectivity index (χ0n) is 10.8. The van der Waals surface area contributed by atoms with Gasteiger partial charge in [-0.25, -0.2) is 4.39 Å². The molecule has 0 atom stereocenters. The summed E-state index contributed by atoms with van der Waals surface area (Å²) in [5.41, 5.74) is 2.60. The van der Waals surface area contributed by atoms with Crippen LogP contribution in [0.25, 0.3) is 0 Å². The molecule has 20 heavy (non-hydrogen) atoms. The van der Waals surface area contributed by atoms with Crippen molar-refractivity contribution in [3.63, 3.8) is 0 Å². The lowest BCUT2D eigenvalue weighted by atomic mass is 10.0. The van der Waals surface area contributed by atoms with E-state index in [4.69, 9.17) is 0 Å². The second kappa shape index (κ2) is 5.29. The number of carbonyl (C=O) groups is 1. The number of rotatable bonds is 1. The first kappa shape index (κ1) is 13.2. The fourth-order valence-electron chi connectivity index (χ4n) is 2.55. The summed E-state index contributed by atoms with van der Waals surface area (Å²) in [7, 11) is 0. The van der Waals surface area contributed by atoms with Crippen LogP contribution in [0.1, 0.15) is 22.3 Å². The van der Waals surface area contributed by atoms with Gasteiger partial charge in [-0.2, -0.15) is 0 Å². The smallest absolute Gasteiger partial charge is 0.258 e. The van der Waals surface area contributed by atoms with Crippen molar-refractivity contribution in [3.8, 4) is 0 Å². The number of anilines is 1. The van der Waals surface area contributed by atoms with E-state index in [2.05, 4.69) is 12.6 Å². The first-order valence-electron chi connectivity index (χ1n) is 6.55. The Morgan fingerprint density at radius 2 is 2.00 bits per heavy atom. The Bertz CT molecular complexity index is 671. The average molecular weight is 287 g/mol. The van der Waals surface area contributed by atoms with E-state index in [9.17, 15) is 9.18 Å². The van der Waals surface area contributed by atoms with Gasteiger partial charge in [0.1, 0.15) is 5.82 Å². The summed E-state index contributed by atoms with van der Waals surface area (Å²) in [4.78, 5) is 14.6. The number of carbonyl (C=O) groups excluding carboxylic acids is 1. The van der Waals surface area contributed by atoms with Gasteiger partial charge >= 0.3 is 0 Å². The second-order valence-corrected chi connectivity index (χ2v) is 5.34. The molecule has 1 aliphatic rings. The number of nitrogens with zero attached hydrogens (tertiary/aromatic N) is 1. The first-order valence-corrected chi connectivity index (χ1v) is 7.00. The molecular weight excluding hydrogens is 273 g/mol. The van der Waals surface area contributed by atoms with Gasteiger partial charge in [0.05, 0.1) is 0 Å². The molecule has 2 nitrogen and oxygen atoms in total. The molecule has 102 valence electrons. The summed E-state index contributed by atoms with van der Waals surface area (Å²) in [5, 5.41) is 0. The van der Waals surface area contributed by atoms with Crippen LogP contribution in [0.15, 0.2) is 47.4 Å². The number of hydrogen-bond acceptors (Lipinski definition) is 2. The van der Waals surface area contributed by atoms with Crippen molar-refractivity contribution in [3.05, 3.63) is 59.4 Å². The van der Waals surface area contributed by atoms with Gasteiger partial charge in [-0.1, -0.05) is 18.2 Å². The van der Waals surface area contributed by atoms with Crippen LogP contribution >= 0.6 is 12.6 Å². The Hall–Kier alpha value is -1.81. The largest absolute Gasteiger partial charge is 0.308 e. The zero-order valence-corrected chi connectivity index (χ0v) is 11.7. The van der Waals surface area contributed by atoms with E-state index < -0.39 is 5.82 Å². The van der Waals surface area contributed by atoms with E-state index in [1.54, 1.807) is 4.90 Å². The number of fused-ring (bicyclic) bond motifs is 1. The van der Waals surface area contributed by atoms with Gasteiger partial charge in [-0.3, -0.25) is 4.79 Å². The Labute approximate surface area is 122 Å². The molecule has 4 heteroatoms. The van der Waals surface area contributed by atoms with Crippen molar-refractivity contribution < 1.29 is 9.18 Å². The molecule has 2 aromatic carbocycles. The molecule has 0 radical (unpaired) electrons. The maximum absolute atomic E-state index is 13.2. The van der Waals surface area contributed by atoms with Crippen LogP contribution in [0.2, 0.25) is 0 Å². The minimum absolute atomic E-state index is 0.104. The van der Waals surface area contributed by atoms with Gasteiger partial charge in [0.25, 0.3) is 5.91 Å². The number of halogens is 1. The van der Waals surface area contributed by atoms with Gasteiger partial charge in [0, 0.05) is 22.7 Å². The van der Waals surface area contributed by atoms with Gasteiger partial charge in [-0.05, 0) is 42.7 Å². The van der Waals surface area contributed by atoms with E-state index in [0.29, 0.717) is 12.1 Å². The number of amides is 1. The molecule has 3 rings (SSSR count). The molecule has 0 aromatic heterocycles. The SMILES string of the molecule is O=C(c1ccc(F)c(S)c1)N1CCCc2ccccc21. The van der Waals surface area contributed by atoms with Gasteiger partial charge in [-0.15, -0.1) is 12.6 Å². The lowest BCUT2D eigenvalue weighted by Crippen LogP contribution is -2.35. The summed E-state index contributed by atoms with van der Waals surface area (Å²) in [5.74, 6) is -0.517. The van der Waals surface area contributed by atoms with Crippen LogP contribution in [-0.4, -0.2) is 12.5 Å². The predicted octanol–water partition coefficient (Wildman–Crippen LogP) is 3.71. The lowest BCUT2D eigenvalue weighted by molar-refractivity contribution is 0.0985. The van der Waals surface area contributed by atoms with Crippen molar-refractivity contribution in [1.82, 2.24) is 0 Å². The van der Waals surface area contributed by atoms with E-state index in [-0.39, 0.29) is 10.8 Å². The summed E-state index contributed by atoms with van der Waals surface area (Å²) < 4.78 is 13.2. The van der Waals surface area contributed by atoms with E-state index in [1.807, 2.05) is 24.3 Å². The fraction of sp³-hybridized carbons (Fsp3) is 0.188. The number of benzene rings is 2. The van der Waals surface area contributed by atoms with Crippen molar-refractivity contribution >= 4 is 24.2 Å². The minimum atomic E-state index is -0.413. The van der Waals surface area contributed by atoms with Gasteiger partial charge < -0.3 is 4.90 Å². The van der Waals surface area contributed by atoms with Crippen LogP contribution < -0.4 is 4.90 Å². The molecule has 0 spiro atoms. The third-order valence-corrected chi connectivity index (χ3v) is 3.89. The maximum Gasteiger partial charge on any atom is 0.258 e. The monoisotopic (exact) mass is 287 g/mol. The van der Waals surface area contributed by atoms with Crippen LogP contribution in [-0.2, 0) is 6.42 Å². The third kappa shape index (κ3) is 2.31. The quantitative estimate of drug-likeness (QED) is 0.793. The van der Waals surface area contributed by atoms with E-state index in [1.165, 1.54) is 23.8 Å². The number of thiol groups is 1. The summed E-state index contributed by atoms with van der Waals surface area (Å²) in [6.45, 7) is 0.690. The Kier molecular flexibility index (Phi) is 3.49. The van der Waals surface area contributed by atoms with Crippen LogP contribution in [0.4, 0.5) is 10.1 Å². The number of aryl methyl sites for hydroxylation is 1. The van der Waals surface area contributed by atoms with E-state index >= 15 is 0 Å². The average Bonchev–Trinajstić information content (AvgIpc) is 2.49. The molecule has 2 aromatic rings. The summed E-state index contributed by atoms with van der Waals surface area (Å²) in [6.07, 6.45) is 1.93. The standard InChI is InChI=1S/C16H14FNOS/c17-13-8-7-12(10-15(13)20)16(19)18-9-3-5-11-4-1-2-6-14(11)18/h1-2,4,6-8,10,20H,3,5,9H2. The van der Waals surface area contributed by atoms with Crippen LogP contribution in [0.5, 0.6) is 0 Å². The second-order valence-electron chi connectivity index (χ2n) is 4.86. The Morgan fingerprint density at radius 3 is 2.80 bits per heavy atom. The molecule has 0 saturated heterocycles. The minimum Gasteiger partial charge on any atom is -0.308 e. The molecule has 0 unspecified atom stereocenters. The highest BCUT2D eigenvalue weighted by atomic mass is 32.1. The topological polar surface area (TPSA) is 20.3 Å². The van der Waals surface area contributed by atoms with Crippen LogP contribution in [0, 0.1) is 5.82 Å². The normalized spacial score (nSPS) is 14.0. The predicted molar refractivity (Wildman–Crippen MR) is 80.1 cm³/mol. The molecule has 1 aliphatic heterocycles. The molecule has 0 N–H and O–H groups in total. The van der Waals surface area contributed by atoms with Crippen molar-refractivity contribution in [1.29, 1.82) is 0 Å². The molecule has 0 aliphatic carbocycles. The van der Waals surface area contributed by atoms with E-state index in [0.717, 1.165) is 18.5 Å². The zero-order chi connectivity index (χ0) is 14.1. The fourth-order valence-corrected chi connectivity index (χ4v) is 2.76. The highest BCUT2D eigenvalue weighted by Gasteiger charge is 2.23. The number of hydrogen-bond donors (Lipinski definition) is 1. The first-order chi connectivity index (χ1) is 9.66. The lowest BCUT2D eigenvalue weighted by Gasteiger charge is -2.29. The summed E-state index contributed by atoms with van der Waals surface area (Å²) in [6, 6.07) is 12.2. The third-order valence-electron chi connectivity index (χ3n) is 3.55. The molecular formula is C16H14FNOS. The van der Waals surface area contributed by atoms with Crippen molar-refractivity contribution in [2.24, 2.45) is 0 Å². The molecule has 0 fully saturated rings. The maximum atomic E-state index is 13.2. The van der Waals surface area contributed by atoms with Crippen LogP contribution in [0.3, 0.4) is 0 Å². The van der Waals surface area contributed by atoms with Gasteiger partial charge in [0.2, 0.25) is 0 Å². The molecule has 1 amide bonds. The summed E-state index contributed by atoms with van der Waals surface area (Å²) >= 11 is 4.04. The van der Waals surface area contributed by atoms with Crippen molar-refractivity contribution in [2.75, 3.05) is 11.4 Å².